The van der Waals surface area contributed by atoms with Gasteiger partial charge in [-0.2, -0.15) is 0 Å². The fraction of sp³-hybridized carbons (Fsp3) is 0.211. The molecule has 1 N–H and O–H groups in total. The van der Waals surface area contributed by atoms with Crippen LogP contribution in [0.1, 0.15) is 6.92 Å². The largest absolute Gasteiger partial charge is 0.332 e. The second-order valence-electron chi connectivity index (χ2n) is 6.16. The Morgan fingerprint density at radius 2 is 2.11 bits per heavy atom. The van der Waals surface area contributed by atoms with Crippen LogP contribution in [0.3, 0.4) is 0 Å². The van der Waals surface area contributed by atoms with Crippen molar-refractivity contribution in [1.29, 1.82) is 0 Å². The molecule has 3 aromatic heterocycles. The van der Waals surface area contributed by atoms with Crippen LogP contribution in [-0.2, 0) is 18.4 Å². The van der Waals surface area contributed by atoms with E-state index in [2.05, 4.69) is 25.5 Å². The van der Waals surface area contributed by atoms with E-state index in [-0.39, 0.29) is 11.7 Å². The number of carbonyl (C=O) groups excluding carboxylic acids is 1. The smallest absolute Gasteiger partial charge is 0.234 e. The molecule has 4 aromatic rings. The zero-order valence-electron chi connectivity index (χ0n) is 15.5. The minimum atomic E-state index is -0.104. The molecule has 8 nitrogen and oxygen atoms in total. The molecule has 0 spiro atoms. The Hall–Kier alpha value is -3.20. The fourth-order valence-electron chi connectivity index (χ4n) is 3.02. The number of amides is 1. The molecule has 0 aliphatic rings. The van der Waals surface area contributed by atoms with Crippen LogP contribution in [0.5, 0.6) is 0 Å². The number of nitrogens with zero attached hydrogens (tertiary/aromatic N) is 6. The number of hydrogen-bond acceptors (Lipinski definition) is 6. The van der Waals surface area contributed by atoms with Crippen LogP contribution in [0.15, 0.2) is 54.2 Å². The van der Waals surface area contributed by atoms with Crippen molar-refractivity contribution in [2.75, 3.05) is 11.1 Å². The Balaban J connectivity index is 1.48. The number of carbonyl (C=O) groups is 1. The Bertz CT molecular complexity index is 1120. The molecule has 28 heavy (non-hydrogen) atoms. The van der Waals surface area contributed by atoms with Crippen molar-refractivity contribution in [3.63, 3.8) is 0 Å². The summed E-state index contributed by atoms with van der Waals surface area (Å²) < 4.78 is 3.88. The van der Waals surface area contributed by atoms with Gasteiger partial charge in [0.15, 0.2) is 11.0 Å². The molecular formula is C19H19N7OS. The molecule has 142 valence electrons. The first-order chi connectivity index (χ1) is 13.7. The maximum absolute atomic E-state index is 12.5. The molecule has 0 saturated heterocycles. The van der Waals surface area contributed by atoms with E-state index in [0.717, 1.165) is 28.1 Å². The third kappa shape index (κ3) is 3.48. The van der Waals surface area contributed by atoms with Crippen molar-refractivity contribution in [3.05, 3.63) is 49.1 Å². The van der Waals surface area contributed by atoms with E-state index in [1.54, 1.807) is 18.7 Å². The fourth-order valence-corrected chi connectivity index (χ4v) is 3.82. The lowest BCUT2D eigenvalue weighted by Gasteiger charge is -2.09. The van der Waals surface area contributed by atoms with Gasteiger partial charge in [0.25, 0.3) is 0 Å². The predicted molar refractivity (Wildman–Crippen MR) is 109 cm³/mol. The first-order valence-electron chi connectivity index (χ1n) is 8.83. The van der Waals surface area contributed by atoms with Crippen molar-refractivity contribution in [2.45, 2.75) is 18.6 Å². The summed E-state index contributed by atoms with van der Waals surface area (Å²) in [6.45, 7) is 2.73. The van der Waals surface area contributed by atoms with E-state index in [4.69, 9.17) is 0 Å². The van der Waals surface area contributed by atoms with E-state index in [0.29, 0.717) is 11.7 Å². The minimum Gasteiger partial charge on any atom is -0.332 e. The molecule has 1 amide bonds. The summed E-state index contributed by atoms with van der Waals surface area (Å²) in [5.74, 6) is 0.879. The lowest BCUT2D eigenvalue weighted by atomic mass is 10.2. The highest BCUT2D eigenvalue weighted by Gasteiger charge is 2.15. The van der Waals surface area contributed by atoms with Crippen molar-refractivity contribution in [2.24, 2.45) is 7.05 Å². The summed E-state index contributed by atoms with van der Waals surface area (Å²) in [4.78, 5) is 21.0. The maximum atomic E-state index is 12.5. The van der Waals surface area contributed by atoms with E-state index < -0.39 is 0 Å². The molecule has 0 aliphatic heterocycles. The summed E-state index contributed by atoms with van der Waals surface area (Å²) in [6, 6.07) is 9.49. The van der Waals surface area contributed by atoms with Crippen LogP contribution in [0.2, 0.25) is 0 Å². The molecule has 0 bridgehead atoms. The highest BCUT2D eigenvalue weighted by atomic mass is 32.2. The number of imidazole rings is 1. The highest BCUT2D eigenvalue weighted by molar-refractivity contribution is 7.99. The van der Waals surface area contributed by atoms with Crippen LogP contribution in [0.25, 0.3) is 22.4 Å². The third-order valence-electron chi connectivity index (χ3n) is 4.30. The molecule has 0 atom stereocenters. The van der Waals surface area contributed by atoms with Crippen molar-refractivity contribution < 1.29 is 4.79 Å². The lowest BCUT2D eigenvalue weighted by Crippen LogP contribution is -2.15. The highest BCUT2D eigenvalue weighted by Crippen LogP contribution is 2.25. The summed E-state index contributed by atoms with van der Waals surface area (Å²) in [6.07, 6.45) is 5.21. The van der Waals surface area contributed by atoms with Crippen molar-refractivity contribution in [1.82, 2.24) is 29.3 Å². The third-order valence-corrected chi connectivity index (χ3v) is 5.26. The molecule has 0 fully saturated rings. The van der Waals surface area contributed by atoms with Crippen LogP contribution in [0, 0.1) is 0 Å². The Labute approximate surface area is 166 Å². The van der Waals surface area contributed by atoms with Gasteiger partial charge in [-0.1, -0.05) is 17.8 Å². The topological polar surface area (TPSA) is 90.5 Å². The van der Waals surface area contributed by atoms with Gasteiger partial charge in [0.2, 0.25) is 5.91 Å². The first-order valence-corrected chi connectivity index (χ1v) is 9.82. The Morgan fingerprint density at radius 1 is 1.21 bits per heavy atom. The Morgan fingerprint density at radius 3 is 2.89 bits per heavy atom. The quantitative estimate of drug-likeness (QED) is 0.507. The number of aryl methyl sites for hydroxylation is 1. The predicted octanol–water partition coefficient (Wildman–Crippen LogP) is 2.98. The molecule has 1 aromatic carbocycles. The number of nitrogens with one attached hydrogen (secondary N) is 1. The van der Waals surface area contributed by atoms with Crippen molar-refractivity contribution in [3.8, 4) is 11.4 Å². The molecule has 0 radical (unpaired) electrons. The second kappa shape index (κ2) is 7.81. The second-order valence-corrected chi connectivity index (χ2v) is 7.10. The molecule has 9 heteroatoms. The normalized spacial score (nSPS) is 11.1. The SMILES string of the molecule is CCn1c(SCC(=O)Nc2cccc3ncn(C)c23)nnc1-c1cccnc1. The average molecular weight is 393 g/mol. The number of hydrogen-bond donors (Lipinski definition) is 1. The van der Waals surface area contributed by atoms with Gasteiger partial charge >= 0.3 is 0 Å². The zero-order valence-corrected chi connectivity index (χ0v) is 16.3. The van der Waals surface area contributed by atoms with E-state index in [9.17, 15) is 4.79 Å². The van der Waals surface area contributed by atoms with E-state index in [1.807, 2.05) is 53.4 Å². The van der Waals surface area contributed by atoms with Gasteiger partial charge in [0.1, 0.15) is 0 Å². The summed E-state index contributed by atoms with van der Waals surface area (Å²) in [7, 11) is 1.91. The number of rotatable bonds is 6. The van der Waals surface area contributed by atoms with Gasteiger partial charge in [-0.15, -0.1) is 10.2 Å². The molecule has 4 rings (SSSR count). The zero-order chi connectivity index (χ0) is 19.5. The molecular weight excluding hydrogens is 374 g/mol. The van der Waals surface area contributed by atoms with Gasteiger partial charge in [-0.05, 0) is 31.2 Å². The Kier molecular flexibility index (Phi) is 5.07. The van der Waals surface area contributed by atoms with Crippen LogP contribution in [0.4, 0.5) is 5.69 Å². The summed E-state index contributed by atoms with van der Waals surface area (Å²) >= 11 is 1.36. The minimum absolute atomic E-state index is 0.104. The summed E-state index contributed by atoms with van der Waals surface area (Å²) in [5, 5.41) is 12.2. The van der Waals surface area contributed by atoms with Gasteiger partial charge in [-0.25, -0.2) is 4.98 Å². The lowest BCUT2D eigenvalue weighted by molar-refractivity contribution is -0.113. The molecule has 0 unspecified atom stereocenters. The summed E-state index contributed by atoms with van der Waals surface area (Å²) in [5.41, 5.74) is 3.39. The van der Waals surface area contributed by atoms with E-state index in [1.165, 1.54) is 11.8 Å². The number of fused-ring (bicyclic) bond motifs is 1. The maximum Gasteiger partial charge on any atom is 0.234 e. The number of aromatic nitrogens is 6. The standard InChI is InChI=1S/C19H19N7OS/c1-3-26-18(13-6-5-9-20-10-13)23-24-19(26)28-11-16(27)22-15-8-4-7-14-17(15)25(2)12-21-14/h4-10,12H,3,11H2,1-2H3,(H,22,27). The number of thioether (sulfide) groups is 1. The van der Waals surface area contributed by atoms with Gasteiger partial charge in [-0.3, -0.25) is 9.78 Å². The van der Waals surface area contributed by atoms with Crippen molar-refractivity contribution >= 4 is 34.4 Å². The van der Waals surface area contributed by atoms with Gasteiger partial charge in [0, 0.05) is 31.5 Å². The van der Waals surface area contributed by atoms with Gasteiger partial charge in [0.05, 0.1) is 28.8 Å². The van der Waals surface area contributed by atoms with Crippen LogP contribution < -0.4 is 5.32 Å². The average Bonchev–Trinajstić information content (AvgIpc) is 3.31. The molecule has 3 heterocycles. The number of pyridine rings is 1. The first kappa shape index (κ1) is 18.2. The molecule has 0 aliphatic carbocycles. The molecule has 0 saturated carbocycles. The monoisotopic (exact) mass is 393 g/mol. The van der Waals surface area contributed by atoms with Crippen LogP contribution >= 0.6 is 11.8 Å². The van der Waals surface area contributed by atoms with E-state index >= 15 is 0 Å². The van der Waals surface area contributed by atoms with Gasteiger partial charge < -0.3 is 14.5 Å². The number of para-hydroxylation sites is 1. The number of benzene rings is 1. The van der Waals surface area contributed by atoms with Crippen LogP contribution in [-0.4, -0.2) is 41.0 Å². The number of anilines is 1.